The molecule has 0 saturated carbocycles. The monoisotopic (exact) mass is 196 g/mol. The van der Waals surface area contributed by atoms with Gasteiger partial charge in [-0.1, -0.05) is 22.8 Å². The van der Waals surface area contributed by atoms with Crippen LogP contribution in [0.5, 0.6) is 0 Å². The minimum absolute atomic E-state index is 0.0481. The second kappa shape index (κ2) is 3.26. The summed E-state index contributed by atoms with van der Waals surface area (Å²) in [6.45, 7) is 0. The van der Waals surface area contributed by atoms with E-state index in [1.54, 1.807) is 12.3 Å². The molecule has 0 amide bonds. The Morgan fingerprint density at radius 2 is 2.38 bits per heavy atom. The van der Waals surface area contributed by atoms with Crippen LogP contribution in [0.25, 0.3) is 0 Å². The van der Waals surface area contributed by atoms with Gasteiger partial charge in [0.05, 0.1) is 0 Å². The van der Waals surface area contributed by atoms with Crippen LogP contribution in [0.2, 0.25) is 5.02 Å². The molecule has 1 aromatic carbocycles. The zero-order valence-corrected chi connectivity index (χ0v) is 7.66. The lowest BCUT2D eigenvalue weighted by molar-refractivity contribution is 0.0859. The Bertz CT molecular complexity index is 343. The number of halogens is 1. The molecule has 1 aliphatic rings. The molecule has 1 aliphatic heterocycles. The molecule has 1 heterocycles. The van der Waals surface area contributed by atoms with Crippen molar-refractivity contribution in [2.24, 2.45) is 5.16 Å². The summed E-state index contributed by atoms with van der Waals surface area (Å²) in [5.74, 6) is 0. The second-order valence-electron chi connectivity index (χ2n) is 2.90. The van der Waals surface area contributed by atoms with Crippen molar-refractivity contribution < 1.29 is 4.84 Å². The van der Waals surface area contributed by atoms with Gasteiger partial charge >= 0.3 is 0 Å². The van der Waals surface area contributed by atoms with E-state index in [1.165, 1.54) is 0 Å². The van der Waals surface area contributed by atoms with Gasteiger partial charge in [0, 0.05) is 28.9 Å². The Labute approximate surface area is 81.1 Å². The SMILES string of the molecule is Nc1ccc(C2CC=NO2)c(Cl)c1. The number of benzene rings is 1. The molecule has 1 aromatic rings. The van der Waals surface area contributed by atoms with Crippen molar-refractivity contribution in [2.75, 3.05) is 5.73 Å². The average molecular weight is 197 g/mol. The van der Waals surface area contributed by atoms with E-state index in [1.807, 2.05) is 12.1 Å². The molecule has 0 bridgehead atoms. The summed E-state index contributed by atoms with van der Waals surface area (Å²) in [7, 11) is 0. The van der Waals surface area contributed by atoms with Crippen LogP contribution >= 0.6 is 11.6 Å². The first-order valence-corrected chi connectivity index (χ1v) is 4.38. The molecule has 1 atom stereocenters. The number of nitrogens with zero attached hydrogens (tertiary/aromatic N) is 1. The normalized spacial score (nSPS) is 20.2. The summed E-state index contributed by atoms with van der Waals surface area (Å²) in [5.41, 5.74) is 7.17. The largest absolute Gasteiger partial charge is 0.399 e. The Kier molecular flexibility index (Phi) is 2.10. The van der Waals surface area contributed by atoms with Gasteiger partial charge < -0.3 is 10.6 Å². The van der Waals surface area contributed by atoms with Gasteiger partial charge in [0.2, 0.25) is 0 Å². The van der Waals surface area contributed by atoms with Crippen LogP contribution in [-0.2, 0) is 4.84 Å². The Morgan fingerprint density at radius 1 is 1.54 bits per heavy atom. The van der Waals surface area contributed by atoms with Crippen molar-refractivity contribution in [1.82, 2.24) is 0 Å². The van der Waals surface area contributed by atoms with E-state index in [4.69, 9.17) is 22.2 Å². The van der Waals surface area contributed by atoms with E-state index in [0.717, 1.165) is 12.0 Å². The van der Waals surface area contributed by atoms with E-state index in [2.05, 4.69) is 5.16 Å². The number of hydrogen-bond acceptors (Lipinski definition) is 3. The lowest BCUT2D eigenvalue weighted by atomic mass is 10.1. The minimum Gasteiger partial charge on any atom is -0.399 e. The van der Waals surface area contributed by atoms with E-state index in [-0.39, 0.29) is 6.10 Å². The van der Waals surface area contributed by atoms with Gasteiger partial charge in [0.15, 0.2) is 6.10 Å². The molecular weight excluding hydrogens is 188 g/mol. The Hall–Kier alpha value is -1.22. The molecule has 0 fully saturated rings. The second-order valence-corrected chi connectivity index (χ2v) is 3.31. The molecule has 3 nitrogen and oxygen atoms in total. The maximum atomic E-state index is 5.99. The zero-order chi connectivity index (χ0) is 9.26. The first-order chi connectivity index (χ1) is 6.27. The van der Waals surface area contributed by atoms with Crippen molar-refractivity contribution in [3.05, 3.63) is 28.8 Å². The van der Waals surface area contributed by atoms with Gasteiger partial charge in [0.25, 0.3) is 0 Å². The molecular formula is C9H9ClN2O. The molecule has 13 heavy (non-hydrogen) atoms. The van der Waals surface area contributed by atoms with Crippen LogP contribution in [0.15, 0.2) is 23.4 Å². The maximum Gasteiger partial charge on any atom is 0.159 e. The third-order valence-electron chi connectivity index (χ3n) is 1.95. The number of anilines is 1. The smallest absolute Gasteiger partial charge is 0.159 e. The van der Waals surface area contributed by atoms with E-state index in [9.17, 15) is 0 Å². The van der Waals surface area contributed by atoms with Gasteiger partial charge in [-0.05, 0) is 12.1 Å². The number of nitrogens with two attached hydrogens (primary N) is 1. The van der Waals surface area contributed by atoms with Gasteiger partial charge in [0.1, 0.15) is 0 Å². The maximum absolute atomic E-state index is 5.99. The molecule has 0 spiro atoms. The highest BCUT2D eigenvalue weighted by molar-refractivity contribution is 6.31. The molecule has 68 valence electrons. The quantitative estimate of drug-likeness (QED) is 0.701. The standard InChI is InChI=1S/C9H9ClN2O/c10-8-5-6(11)1-2-7(8)9-3-4-12-13-9/h1-2,4-5,9H,3,11H2. The lowest BCUT2D eigenvalue weighted by Crippen LogP contribution is -1.97. The van der Waals surface area contributed by atoms with Crippen molar-refractivity contribution in [3.63, 3.8) is 0 Å². The molecule has 0 saturated heterocycles. The third-order valence-corrected chi connectivity index (χ3v) is 2.28. The van der Waals surface area contributed by atoms with Gasteiger partial charge in [-0.3, -0.25) is 0 Å². The predicted octanol–water partition coefficient (Wildman–Crippen LogP) is 2.37. The molecule has 0 aliphatic carbocycles. The zero-order valence-electron chi connectivity index (χ0n) is 6.90. The lowest BCUT2D eigenvalue weighted by Gasteiger charge is -2.10. The van der Waals surface area contributed by atoms with Gasteiger partial charge in [-0.2, -0.15) is 0 Å². The molecule has 2 N–H and O–H groups in total. The first-order valence-electron chi connectivity index (χ1n) is 4.00. The van der Waals surface area contributed by atoms with Crippen LogP contribution in [0.3, 0.4) is 0 Å². The fourth-order valence-corrected chi connectivity index (χ4v) is 1.60. The summed E-state index contributed by atoms with van der Waals surface area (Å²) in [6, 6.07) is 5.40. The summed E-state index contributed by atoms with van der Waals surface area (Å²) in [4.78, 5) is 5.10. The highest BCUT2D eigenvalue weighted by Gasteiger charge is 2.18. The fourth-order valence-electron chi connectivity index (χ4n) is 1.29. The molecule has 4 heteroatoms. The van der Waals surface area contributed by atoms with Crippen LogP contribution in [0.1, 0.15) is 18.1 Å². The summed E-state index contributed by atoms with van der Waals surface area (Å²) >= 11 is 5.99. The van der Waals surface area contributed by atoms with Crippen molar-refractivity contribution in [2.45, 2.75) is 12.5 Å². The van der Waals surface area contributed by atoms with Gasteiger partial charge in [-0.15, -0.1) is 0 Å². The molecule has 2 rings (SSSR count). The number of oxime groups is 1. The van der Waals surface area contributed by atoms with Crippen molar-refractivity contribution in [1.29, 1.82) is 0 Å². The third kappa shape index (κ3) is 1.60. The highest BCUT2D eigenvalue weighted by Crippen LogP contribution is 2.31. The van der Waals surface area contributed by atoms with Crippen molar-refractivity contribution >= 4 is 23.5 Å². The molecule has 0 aromatic heterocycles. The first kappa shape index (κ1) is 8.38. The van der Waals surface area contributed by atoms with Crippen molar-refractivity contribution in [3.8, 4) is 0 Å². The van der Waals surface area contributed by atoms with Gasteiger partial charge in [-0.25, -0.2) is 0 Å². The van der Waals surface area contributed by atoms with E-state index >= 15 is 0 Å². The topological polar surface area (TPSA) is 47.6 Å². The Balaban J connectivity index is 2.30. The average Bonchev–Trinajstić information content (AvgIpc) is 2.56. The van der Waals surface area contributed by atoms with E-state index < -0.39 is 0 Å². The molecule has 1 unspecified atom stereocenters. The van der Waals surface area contributed by atoms with Crippen LogP contribution < -0.4 is 5.73 Å². The minimum atomic E-state index is -0.0481. The summed E-state index contributed by atoms with van der Waals surface area (Å²) < 4.78 is 0. The number of nitrogen functional groups attached to an aromatic ring is 1. The van der Waals surface area contributed by atoms with Crippen LogP contribution in [0, 0.1) is 0 Å². The predicted molar refractivity (Wildman–Crippen MR) is 52.8 cm³/mol. The van der Waals surface area contributed by atoms with Crippen LogP contribution in [-0.4, -0.2) is 6.21 Å². The fraction of sp³-hybridized carbons (Fsp3) is 0.222. The number of hydrogen-bond donors (Lipinski definition) is 1. The molecule has 0 radical (unpaired) electrons. The summed E-state index contributed by atoms with van der Waals surface area (Å²) in [5, 5.41) is 4.32. The highest BCUT2D eigenvalue weighted by atomic mass is 35.5. The van der Waals surface area contributed by atoms with Crippen LogP contribution in [0.4, 0.5) is 5.69 Å². The Morgan fingerprint density at radius 3 is 3.00 bits per heavy atom. The number of rotatable bonds is 1. The van der Waals surface area contributed by atoms with E-state index in [0.29, 0.717) is 10.7 Å². The summed E-state index contributed by atoms with van der Waals surface area (Å²) in [6.07, 6.45) is 2.45.